The largest absolute Gasteiger partial charge is 0.358 e. The van der Waals surface area contributed by atoms with Gasteiger partial charge in [-0.25, -0.2) is 0 Å². The summed E-state index contributed by atoms with van der Waals surface area (Å²) < 4.78 is 0. The van der Waals surface area contributed by atoms with Crippen molar-refractivity contribution in [1.29, 1.82) is 0 Å². The van der Waals surface area contributed by atoms with Crippen molar-refractivity contribution < 1.29 is 9.59 Å². The third-order valence-electron chi connectivity index (χ3n) is 3.06. The lowest BCUT2D eigenvalue weighted by Gasteiger charge is -2.32. The number of hydrogen-bond acceptors (Lipinski definition) is 4. The maximum Gasteiger partial charge on any atom is 0.236 e. The minimum atomic E-state index is -0.337. The van der Waals surface area contributed by atoms with E-state index >= 15 is 0 Å². The van der Waals surface area contributed by atoms with Gasteiger partial charge in [-0.1, -0.05) is 0 Å². The Hall–Kier alpha value is -1.14. The van der Waals surface area contributed by atoms with Gasteiger partial charge in [0.05, 0.1) is 12.6 Å². The van der Waals surface area contributed by atoms with Gasteiger partial charge in [-0.3, -0.25) is 14.9 Å². The molecule has 1 heterocycles. The minimum Gasteiger partial charge on any atom is -0.358 e. The number of carbonyl (C=O) groups excluding carboxylic acids is 2. The van der Waals surface area contributed by atoms with E-state index < -0.39 is 0 Å². The molecular formula is C11H22N4O2. The van der Waals surface area contributed by atoms with E-state index in [-0.39, 0.29) is 24.4 Å². The zero-order valence-corrected chi connectivity index (χ0v) is 10.8. The molecule has 1 saturated heterocycles. The van der Waals surface area contributed by atoms with Gasteiger partial charge in [0.25, 0.3) is 0 Å². The molecule has 6 nitrogen and oxygen atoms in total. The minimum absolute atomic E-state index is 0.0638. The van der Waals surface area contributed by atoms with Gasteiger partial charge in [0.2, 0.25) is 11.8 Å². The normalized spacial score (nSPS) is 18.9. The zero-order chi connectivity index (χ0) is 12.8. The zero-order valence-electron chi connectivity index (χ0n) is 10.8. The second-order valence-corrected chi connectivity index (χ2v) is 4.40. The molecule has 0 aliphatic carbocycles. The predicted octanol–water partition coefficient (Wildman–Crippen LogP) is -1.52. The van der Waals surface area contributed by atoms with E-state index in [1.165, 1.54) is 0 Å². The molecule has 1 aliphatic heterocycles. The molecule has 1 rings (SSSR count). The average molecular weight is 242 g/mol. The highest BCUT2D eigenvalue weighted by Crippen LogP contribution is 1.99. The summed E-state index contributed by atoms with van der Waals surface area (Å²) in [6, 6.07) is -0.337. The van der Waals surface area contributed by atoms with Crippen molar-refractivity contribution in [2.24, 2.45) is 0 Å². The van der Waals surface area contributed by atoms with Crippen LogP contribution in [0.15, 0.2) is 0 Å². The van der Waals surface area contributed by atoms with Gasteiger partial charge in [-0.2, -0.15) is 0 Å². The molecule has 2 N–H and O–H groups in total. The number of rotatable bonds is 4. The van der Waals surface area contributed by atoms with E-state index in [0.717, 1.165) is 26.2 Å². The molecule has 0 saturated carbocycles. The second kappa shape index (κ2) is 6.56. The molecule has 1 fully saturated rings. The van der Waals surface area contributed by atoms with E-state index in [0.29, 0.717) is 0 Å². The van der Waals surface area contributed by atoms with Crippen molar-refractivity contribution in [1.82, 2.24) is 20.4 Å². The Bertz CT molecular complexity index is 275. The van der Waals surface area contributed by atoms with Crippen LogP contribution in [-0.2, 0) is 9.59 Å². The highest BCUT2D eigenvalue weighted by Gasteiger charge is 2.20. The van der Waals surface area contributed by atoms with E-state index in [1.54, 1.807) is 14.0 Å². The number of amides is 2. The molecule has 6 heteroatoms. The third-order valence-corrected chi connectivity index (χ3v) is 3.06. The number of hydrogen-bond donors (Lipinski definition) is 2. The van der Waals surface area contributed by atoms with Crippen LogP contribution < -0.4 is 10.6 Å². The fraction of sp³-hybridized carbons (Fsp3) is 0.818. The first kappa shape index (κ1) is 13.9. The fourth-order valence-corrected chi connectivity index (χ4v) is 1.72. The first-order valence-electron chi connectivity index (χ1n) is 5.96. The van der Waals surface area contributed by atoms with E-state index in [2.05, 4.69) is 15.5 Å². The van der Waals surface area contributed by atoms with Gasteiger partial charge in [-0.05, 0) is 14.0 Å². The summed E-state index contributed by atoms with van der Waals surface area (Å²) in [5, 5.41) is 5.47. The lowest BCUT2D eigenvalue weighted by Crippen LogP contribution is -2.51. The number of nitrogens with zero attached hydrogens (tertiary/aromatic N) is 2. The molecule has 0 aromatic heterocycles. The molecule has 1 aliphatic rings. The van der Waals surface area contributed by atoms with E-state index in [4.69, 9.17) is 0 Å². The topological polar surface area (TPSA) is 64.7 Å². The Morgan fingerprint density at radius 1 is 1.24 bits per heavy atom. The van der Waals surface area contributed by atoms with Crippen LogP contribution in [0.1, 0.15) is 6.92 Å². The molecule has 0 bridgehead atoms. The summed E-state index contributed by atoms with van der Waals surface area (Å²) >= 11 is 0. The Morgan fingerprint density at radius 2 is 1.82 bits per heavy atom. The Balaban J connectivity index is 2.27. The van der Waals surface area contributed by atoms with Crippen LogP contribution in [0.25, 0.3) is 0 Å². The first-order valence-corrected chi connectivity index (χ1v) is 5.96. The van der Waals surface area contributed by atoms with Crippen molar-refractivity contribution in [3.63, 3.8) is 0 Å². The highest BCUT2D eigenvalue weighted by molar-refractivity contribution is 5.83. The summed E-state index contributed by atoms with van der Waals surface area (Å²) in [5.74, 6) is -0.0370. The maximum atomic E-state index is 11.8. The first-order chi connectivity index (χ1) is 8.04. The summed E-state index contributed by atoms with van der Waals surface area (Å²) in [6.45, 7) is 5.33. The second-order valence-electron chi connectivity index (χ2n) is 4.40. The predicted molar refractivity (Wildman–Crippen MR) is 65.6 cm³/mol. The summed E-state index contributed by atoms with van der Waals surface area (Å²) in [5.41, 5.74) is 0. The number of piperazine rings is 1. The monoisotopic (exact) mass is 242 g/mol. The van der Waals surface area contributed by atoms with Crippen molar-refractivity contribution in [2.45, 2.75) is 13.0 Å². The fourth-order valence-electron chi connectivity index (χ4n) is 1.72. The summed E-state index contributed by atoms with van der Waals surface area (Å²) in [6.07, 6.45) is 0. The van der Waals surface area contributed by atoms with Crippen LogP contribution in [0.2, 0.25) is 0 Å². The van der Waals surface area contributed by atoms with Crippen molar-refractivity contribution in [3.8, 4) is 0 Å². The van der Waals surface area contributed by atoms with Crippen molar-refractivity contribution in [3.05, 3.63) is 0 Å². The van der Waals surface area contributed by atoms with Crippen LogP contribution in [-0.4, -0.2) is 74.5 Å². The molecule has 98 valence electrons. The van der Waals surface area contributed by atoms with Gasteiger partial charge < -0.3 is 15.1 Å². The van der Waals surface area contributed by atoms with Crippen LogP contribution in [0.3, 0.4) is 0 Å². The molecule has 0 aromatic carbocycles. The van der Waals surface area contributed by atoms with Crippen LogP contribution >= 0.6 is 0 Å². The van der Waals surface area contributed by atoms with Crippen LogP contribution in [0.4, 0.5) is 0 Å². The average Bonchev–Trinajstić information content (AvgIpc) is 2.35. The van der Waals surface area contributed by atoms with Gasteiger partial charge in [0.15, 0.2) is 0 Å². The molecule has 0 spiro atoms. The number of nitrogens with one attached hydrogen (secondary N) is 2. The number of likely N-dealkylation sites (N-methyl/N-ethyl adjacent to an activating group) is 2. The Kier molecular flexibility index (Phi) is 5.37. The molecule has 0 aromatic rings. The molecular weight excluding hydrogens is 220 g/mol. The van der Waals surface area contributed by atoms with Gasteiger partial charge in [0, 0.05) is 33.2 Å². The van der Waals surface area contributed by atoms with Crippen LogP contribution in [0, 0.1) is 0 Å². The molecule has 1 unspecified atom stereocenters. The smallest absolute Gasteiger partial charge is 0.236 e. The highest BCUT2D eigenvalue weighted by atomic mass is 16.2. The number of carbonyl (C=O) groups is 2. The SMILES string of the molecule is CNC(=O)C(C)NCC(=O)N1CCN(C)CC1. The van der Waals surface area contributed by atoms with Crippen molar-refractivity contribution in [2.75, 3.05) is 46.8 Å². The third kappa shape index (κ3) is 4.32. The molecule has 1 atom stereocenters. The van der Waals surface area contributed by atoms with Crippen molar-refractivity contribution >= 4 is 11.8 Å². The molecule has 17 heavy (non-hydrogen) atoms. The lowest BCUT2D eigenvalue weighted by molar-refractivity contribution is -0.132. The van der Waals surface area contributed by atoms with Gasteiger partial charge in [0.1, 0.15) is 0 Å². The lowest BCUT2D eigenvalue weighted by atomic mass is 10.3. The maximum absolute atomic E-state index is 11.8. The van der Waals surface area contributed by atoms with Crippen LogP contribution in [0.5, 0.6) is 0 Å². The Labute approximate surface area is 102 Å². The van der Waals surface area contributed by atoms with Gasteiger partial charge >= 0.3 is 0 Å². The summed E-state index contributed by atoms with van der Waals surface area (Å²) in [4.78, 5) is 27.1. The van der Waals surface area contributed by atoms with E-state index in [9.17, 15) is 9.59 Å². The van der Waals surface area contributed by atoms with E-state index in [1.807, 2.05) is 11.9 Å². The molecule has 2 amide bonds. The molecule has 0 radical (unpaired) electrons. The Morgan fingerprint density at radius 3 is 2.35 bits per heavy atom. The quantitative estimate of drug-likeness (QED) is 0.629. The standard InChI is InChI=1S/C11H22N4O2/c1-9(11(17)12-2)13-8-10(16)15-6-4-14(3)5-7-15/h9,13H,4-8H2,1-3H3,(H,12,17). The summed E-state index contributed by atoms with van der Waals surface area (Å²) in [7, 11) is 3.64. The van der Waals surface area contributed by atoms with Gasteiger partial charge in [-0.15, -0.1) is 0 Å².